The first-order valence-corrected chi connectivity index (χ1v) is 11.4. The Balaban J connectivity index is 1.26. The summed E-state index contributed by atoms with van der Waals surface area (Å²) in [6.45, 7) is 1.61. The van der Waals surface area contributed by atoms with Crippen LogP contribution in [0.3, 0.4) is 0 Å². The van der Waals surface area contributed by atoms with Gasteiger partial charge in [-0.15, -0.1) is 0 Å². The Hall–Kier alpha value is -3.72. The second kappa shape index (κ2) is 9.64. The lowest BCUT2D eigenvalue weighted by atomic mass is 9.98. The lowest BCUT2D eigenvalue weighted by Gasteiger charge is -2.32. The van der Waals surface area contributed by atoms with Crippen molar-refractivity contribution in [3.05, 3.63) is 65.8 Å². The van der Waals surface area contributed by atoms with Crippen molar-refractivity contribution in [3.8, 4) is 17.1 Å². The summed E-state index contributed by atoms with van der Waals surface area (Å²) in [6.07, 6.45) is 5.79. The summed E-state index contributed by atoms with van der Waals surface area (Å²) in [7, 11) is 0. The molecule has 2 N–H and O–H groups in total. The molecule has 1 aliphatic heterocycles. The van der Waals surface area contributed by atoms with Crippen molar-refractivity contribution in [1.29, 1.82) is 0 Å². The van der Waals surface area contributed by atoms with E-state index in [1.165, 1.54) is 0 Å². The number of H-pyrrole nitrogens is 1. The first-order valence-electron chi connectivity index (χ1n) is 11.0. The number of carbonyl (C=O) groups is 1. The van der Waals surface area contributed by atoms with Gasteiger partial charge in [0.15, 0.2) is 17.5 Å². The highest BCUT2D eigenvalue weighted by Crippen LogP contribution is 2.28. The van der Waals surface area contributed by atoms with Gasteiger partial charge in [-0.05, 0) is 37.0 Å². The molecule has 10 heteroatoms. The average molecular weight is 481 g/mol. The Morgan fingerprint density at radius 1 is 1.26 bits per heavy atom. The molecular formula is C24H22ClFN6O2. The fraction of sp³-hybridized carbons (Fsp3) is 0.250. The van der Waals surface area contributed by atoms with Gasteiger partial charge in [0.25, 0.3) is 0 Å². The molecule has 0 bridgehead atoms. The van der Waals surface area contributed by atoms with Crippen LogP contribution < -0.4 is 10.1 Å². The summed E-state index contributed by atoms with van der Waals surface area (Å²) in [5, 5.41) is 4.34. The van der Waals surface area contributed by atoms with Crippen LogP contribution >= 0.6 is 11.6 Å². The van der Waals surface area contributed by atoms with E-state index in [9.17, 15) is 9.18 Å². The van der Waals surface area contributed by atoms with Gasteiger partial charge < -0.3 is 19.9 Å². The fourth-order valence-electron chi connectivity index (χ4n) is 4.08. The van der Waals surface area contributed by atoms with Crippen LogP contribution in [0.25, 0.3) is 22.4 Å². The van der Waals surface area contributed by atoms with Gasteiger partial charge in [0.2, 0.25) is 0 Å². The molecule has 0 saturated carbocycles. The Morgan fingerprint density at radius 3 is 2.97 bits per heavy atom. The lowest BCUT2D eigenvalue weighted by Crippen LogP contribution is -2.43. The predicted molar refractivity (Wildman–Crippen MR) is 127 cm³/mol. The van der Waals surface area contributed by atoms with E-state index in [0.717, 1.165) is 24.4 Å². The summed E-state index contributed by atoms with van der Waals surface area (Å²) >= 11 is 6.08. The molecule has 0 aliphatic carbocycles. The summed E-state index contributed by atoms with van der Waals surface area (Å²) in [5.41, 5.74) is 1.33. The molecular weight excluding hydrogens is 459 g/mol. The van der Waals surface area contributed by atoms with Gasteiger partial charge in [-0.25, -0.2) is 24.1 Å². The number of aromatic amines is 1. The van der Waals surface area contributed by atoms with Crippen LogP contribution in [0.2, 0.25) is 5.02 Å². The highest BCUT2D eigenvalue weighted by molar-refractivity contribution is 6.31. The topological polar surface area (TPSA) is 96.0 Å². The van der Waals surface area contributed by atoms with Crippen LogP contribution in [-0.4, -0.2) is 50.6 Å². The number of ether oxygens (including phenoxy) is 1. The zero-order chi connectivity index (χ0) is 23.5. The number of anilines is 1. The van der Waals surface area contributed by atoms with Crippen molar-refractivity contribution in [2.75, 3.05) is 25.0 Å². The maximum Gasteiger partial charge on any atom is 0.415 e. The fourth-order valence-corrected chi connectivity index (χ4v) is 4.23. The zero-order valence-corrected chi connectivity index (χ0v) is 18.9. The minimum atomic E-state index is -0.545. The lowest BCUT2D eigenvalue weighted by molar-refractivity contribution is 0.128. The molecule has 174 valence electrons. The van der Waals surface area contributed by atoms with E-state index < -0.39 is 5.82 Å². The third-order valence-corrected chi connectivity index (χ3v) is 5.97. The zero-order valence-electron chi connectivity index (χ0n) is 18.2. The van der Waals surface area contributed by atoms with Crippen LogP contribution in [-0.2, 0) is 0 Å². The highest BCUT2D eigenvalue weighted by atomic mass is 35.5. The normalized spacial score (nSPS) is 15.9. The third-order valence-electron chi connectivity index (χ3n) is 5.77. The smallest absolute Gasteiger partial charge is 0.410 e. The molecule has 1 aliphatic rings. The molecule has 1 fully saturated rings. The SMILES string of the molecule is O=C(Oc1ccccc1)N1CCCC(CNc2nc(-c3c[nH]c4ncc(Cl)cc34)ncc2F)C1. The number of piperidine rings is 1. The van der Waals surface area contributed by atoms with Gasteiger partial charge >= 0.3 is 6.09 Å². The van der Waals surface area contributed by atoms with Crippen LogP contribution in [0.5, 0.6) is 5.75 Å². The van der Waals surface area contributed by atoms with Crippen LogP contribution in [0.15, 0.2) is 55.0 Å². The van der Waals surface area contributed by atoms with E-state index in [-0.39, 0.29) is 17.8 Å². The number of hydrogen-bond donors (Lipinski definition) is 2. The van der Waals surface area contributed by atoms with Crippen LogP contribution in [0, 0.1) is 11.7 Å². The maximum atomic E-state index is 14.5. The number of rotatable bonds is 5. The Kier molecular flexibility index (Phi) is 6.27. The third kappa shape index (κ3) is 4.79. The number of para-hydroxylation sites is 1. The molecule has 3 aromatic heterocycles. The Bertz CT molecular complexity index is 1320. The number of aromatic nitrogens is 4. The first-order chi connectivity index (χ1) is 16.6. The van der Waals surface area contributed by atoms with Gasteiger partial charge in [0.1, 0.15) is 11.4 Å². The molecule has 1 amide bonds. The number of nitrogens with one attached hydrogen (secondary N) is 2. The second-order valence-corrected chi connectivity index (χ2v) is 8.59. The number of carbonyl (C=O) groups excluding carboxylic acids is 1. The molecule has 1 saturated heterocycles. The molecule has 1 aromatic carbocycles. The molecule has 4 aromatic rings. The molecule has 34 heavy (non-hydrogen) atoms. The maximum absolute atomic E-state index is 14.5. The van der Waals surface area contributed by atoms with Crippen molar-refractivity contribution in [3.63, 3.8) is 0 Å². The average Bonchev–Trinajstić information content (AvgIpc) is 3.27. The van der Waals surface area contributed by atoms with Crippen molar-refractivity contribution in [1.82, 2.24) is 24.8 Å². The summed E-state index contributed by atoms with van der Waals surface area (Å²) in [6, 6.07) is 10.7. The van der Waals surface area contributed by atoms with Gasteiger partial charge in [-0.3, -0.25) is 0 Å². The Morgan fingerprint density at radius 2 is 2.12 bits per heavy atom. The van der Waals surface area contributed by atoms with E-state index in [0.29, 0.717) is 47.4 Å². The molecule has 4 heterocycles. The number of halogens is 2. The summed E-state index contributed by atoms with van der Waals surface area (Å²) in [5.74, 6) is 0.563. The molecule has 5 rings (SSSR count). The molecule has 0 spiro atoms. The molecule has 1 unspecified atom stereocenters. The van der Waals surface area contributed by atoms with Gasteiger partial charge in [0.05, 0.1) is 11.2 Å². The quantitative estimate of drug-likeness (QED) is 0.411. The number of nitrogens with zero attached hydrogens (tertiary/aromatic N) is 4. The van der Waals surface area contributed by atoms with E-state index >= 15 is 0 Å². The van der Waals surface area contributed by atoms with Gasteiger partial charge in [0, 0.05) is 43.0 Å². The van der Waals surface area contributed by atoms with Gasteiger partial charge in [-0.2, -0.15) is 0 Å². The monoisotopic (exact) mass is 480 g/mol. The standard InChI is InChI=1S/C24H22ClFN6O2/c25-16-9-18-19(12-29-21(18)28-11-16)22-30-13-20(26)23(31-22)27-10-15-5-4-8-32(14-15)24(33)34-17-6-2-1-3-7-17/h1-3,6-7,9,11-13,15H,4-5,8,10,14H2,(H,28,29)(H,27,30,31). The first kappa shape index (κ1) is 22.1. The number of likely N-dealkylation sites (tertiary alicyclic amines) is 1. The van der Waals surface area contributed by atoms with Gasteiger partial charge in [-0.1, -0.05) is 29.8 Å². The van der Waals surface area contributed by atoms with Crippen molar-refractivity contribution in [2.45, 2.75) is 12.8 Å². The van der Waals surface area contributed by atoms with Crippen LogP contribution in [0.1, 0.15) is 12.8 Å². The Labute approximate surface area is 200 Å². The number of pyridine rings is 1. The highest BCUT2D eigenvalue weighted by Gasteiger charge is 2.25. The summed E-state index contributed by atoms with van der Waals surface area (Å²) in [4.78, 5) is 30.0. The largest absolute Gasteiger partial charge is 0.415 e. The predicted octanol–water partition coefficient (Wildman–Crippen LogP) is 5.14. The van der Waals surface area contributed by atoms with Crippen LogP contribution in [0.4, 0.5) is 15.0 Å². The second-order valence-electron chi connectivity index (χ2n) is 8.16. The number of amides is 1. The number of fused-ring (bicyclic) bond motifs is 1. The molecule has 8 nitrogen and oxygen atoms in total. The molecule has 1 atom stereocenters. The minimum absolute atomic E-state index is 0.110. The van der Waals surface area contributed by atoms with Crippen molar-refractivity contribution >= 4 is 34.5 Å². The number of benzene rings is 1. The van der Waals surface area contributed by atoms with E-state index in [1.54, 1.807) is 35.5 Å². The van der Waals surface area contributed by atoms with Crippen molar-refractivity contribution < 1.29 is 13.9 Å². The minimum Gasteiger partial charge on any atom is -0.410 e. The number of hydrogen-bond acceptors (Lipinski definition) is 6. The van der Waals surface area contributed by atoms with E-state index in [1.807, 2.05) is 18.2 Å². The van der Waals surface area contributed by atoms with Crippen molar-refractivity contribution in [2.24, 2.45) is 5.92 Å². The molecule has 0 radical (unpaired) electrons. The van der Waals surface area contributed by atoms with E-state index in [4.69, 9.17) is 16.3 Å². The van der Waals surface area contributed by atoms with E-state index in [2.05, 4.69) is 25.3 Å². The summed E-state index contributed by atoms with van der Waals surface area (Å²) < 4.78 is 19.9.